The molecule has 0 bridgehead atoms. The van der Waals surface area contributed by atoms with Gasteiger partial charge in [-0.25, -0.2) is 4.98 Å². The third kappa shape index (κ3) is 5.48. The Balaban J connectivity index is 1.29. The highest BCUT2D eigenvalue weighted by Gasteiger charge is 2.40. The van der Waals surface area contributed by atoms with E-state index in [2.05, 4.69) is 49.5 Å². The fourth-order valence-corrected chi connectivity index (χ4v) is 4.07. The number of nitrogens with zero attached hydrogens (tertiary/aromatic N) is 5. The number of aliphatic hydroxyl groups excluding tert-OH is 1. The largest absolute Gasteiger partial charge is 0.477 e. The standard InChI is InChI=1S/C21H26N6O2S/c1-13-5-6-17(22-10-13)16-8-15(16)12-29-19-9-18(24-14(2)25-19)23-11-21-27-26-20(30-21)4-3-7-28/h5-6,9-10,15-16,28H,3-4,7-8,11-12H2,1-2H3,(H,23,24,25)/t15-,16?/m1/s1. The van der Waals surface area contributed by atoms with Crippen LogP contribution in [0.1, 0.15) is 45.9 Å². The summed E-state index contributed by atoms with van der Waals surface area (Å²) in [5.41, 5.74) is 2.32. The Morgan fingerprint density at radius 1 is 1.20 bits per heavy atom. The van der Waals surface area contributed by atoms with Crippen LogP contribution in [0.4, 0.5) is 5.82 Å². The Hall–Kier alpha value is -2.65. The van der Waals surface area contributed by atoms with E-state index in [-0.39, 0.29) is 6.61 Å². The first kappa shape index (κ1) is 20.6. The summed E-state index contributed by atoms with van der Waals surface area (Å²) in [6.07, 6.45) is 4.47. The fourth-order valence-electron chi connectivity index (χ4n) is 3.25. The van der Waals surface area contributed by atoms with Crippen LogP contribution in [-0.4, -0.2) is 43.5 Å². The van der Waals surface area contributed by atoms with Gasteiger partial charge in [-0.15, -0.1) is 10.2 Å². The molecule has 0 saturated heterocycles. The second kappa shape index (κ2) is 9.44. The molecule has 0 amide bonds. The number of nitrogens with one attached hydrogen (secondary N) is 1. The summed E-state index contributed by atoms with van der Waals surface area (Å²) < 4.78 is 5.96. The molecular formula is C21H26N6O2S. The summed E-state index contributed by atoms with van der Waals surface area (Å²) >= 11 is 1.55. The number of pyridine rings is 1. The number of anilines is 1. The molecule has 3 heterocycles. The highest BCUT2D eigenvalue weighted by Crippen LogP contribution is 2.46. The molecule has 8 nitrogen and oxygen atoms in total. The number of ether oxygens (including phenoxy) is 1. The lowest BCUT2D eigenvalue weighted by Gasteiger charge is -2.09. The Bertz CT molecular complexity index is 978. The molecule has 1 fully saturated rings. The molecule has 4 rings (SSSR count). The minimum atomic E-state index is 0.166. The second-order valence-corrected chi connectivity index (χ2v) is 8.73. The van der Waals surface area contributed by atoms with E-state index in [9.17, 15) is 0 Å². The van der Waals surface area contributed by atoms with Crippen LogP contribution in [0.3, 0.4) is 0 Å². The van der Waals surface area contributed by atoms with E-state index in [4.69, 9.17) is 9.84 Å². The predicted molar refractivity (Wildman–Crippen MR) is 115 cm³/mol. The summed E-state index contributed by atoms with van der Waals surface area (Å²) in [4.78, 5) is 13.4. The van der Waals surface area contributed by atoms with Gasteiger partial charge in [0.05, 0.1) is 13.2 Å². The molecule has 30 heavy (non-hydrogen) atoms. The summed E-state index contributed by atoms with van der Waals surface area (Å²) in [6.45, 7) is 5.23. The number of aryl methyl sites for hydroxylation is 3. The molecule has 0 aromatic carbocycles. The van der Waals surface area contributed by atoms with E-state index in [1.165, 1.54) is 5.56 Å². The van der Waals surface area contributed by atoms with Gasteiger partial charge in [0.15, 0.2) is 0 Å². The van der Waals surface area contributed by atoms with Crippen LogP contribution in [0.15, 0.2) is 24.4 Å². The lowest BCUT2D eigenvalue weighted by atomic mass is 10.2. The van der Waals surface area contributed by atoms with Crippen LogP contribution >= 0.6 is 11.3 Å². The fraction of sp³-hybridized carbons (Fsp3) is 0.476. The first-order chi connectivity index (χ1) is 14.6. The van der Waals surface area contributed by atoms with E-state index in [0.717, 1.165) is 28.6 Å². The molecule has 9 heteroatoms. The van der Waals surface area contributed by atoms with E-state index >= 15 is 0 Å². The van der Waals surface area contributed by atoms with Crippen molar-refractivity contribution in [2.45, 2.75) is 45.6 Å². The molecule has 3 aromatic rings. The van der Waals surface area contributed by atoms with Crippen LogP contribution in [0.2, 0.25) is 0 Å². The zero-order valence-electron chi connectivity index (χ0n) is 17.2. The minimum absolute atomic E-state index is 0.166. The monoisotopic (exact) mass is 426 g/mol. The molecule has 0 spiro atoms. The number of rotatable bonds is 10. The van der Waals surface area contributed by atoms with Gasteiger partial charge < -0.3 is 15.2 Å². The van der Waals surface area contributed by atoms with Gasteiger partial charge in [0.1, 0.15) is 21.7 Å². The van der Waals surface area contributed by atoms with Crippen LogP contribution in [0.25, 0.3) is 0 Å². The van der Waals surface area contributed by atoms with Crippen molar-refractivity contribution in [2.24, 2.45) is 5.92 Å². The van der Waals surface area contributed by atoms with Crippen molar-refractivity contribution in [3.05, 3.63) is 51.5 Å². The number of hydrogen-bond acceptors (Lipinski definition) is 9. The van der Waals surface area contributed by atoms with Crippen LogP contribution < -0.4 is 10.1 Å². The summed E-state index contributed by atoms with van der Waals surface area (Å²) in [7, 11) is 0. The molecule has 2 N–H and O–H groups in total. The van der Waals surface area contributed by atoms with Crippen molar-refractivity contribution in [3.8, 4) is 5.88 Å². The van der Waals surface area contributed by atoms with Gasteiger partial charge in [0.2, 0.25) is 5.88 Å². The van der Waals surface area contributed by atoms with Gasteiger partial charge in [-0.1, -0.05) is 17.4 Å². The van der Waals surface area contributed by atoms with Crippen molar-refractivity contribution in [2.75, 3.05) is 18.5 Å². The zero-order valence-corrected chi connectivity index (χ0v) is 18.0. The molecule has 0 radical (unpaired) electrons. The zero-order chi connectivity index (χ0) is 20.9. The Morgan fingerprint density at radius 2 is 2.07 bits per heavy atom. The Kier molecular flexibility index (Phi) is 6.49. The van der Waals surface area contributed by atoms with E-state index < -0.39 is 0 Å². The van der Waals surface area contributed by atoms with Crippen molar-refractivity contribution in [1.29, 1.82) is 0 Å². The Labute approximate surface area is 179 Å². The van der Waals surface area contributed by atoms with Crippen LogP contribution in [-0.2, 0) is 13.0 Å². The normalized spacial score (nSPS) is 17.7. The highest BCUT2D eigenvalue weighted by molar-refractivity contribution is 7.11. The first-order valence-corrected chi connectivity index (χ1v) is 11.0. The number of aromatic nitrogens is 5. The number of hydrogen-bond donors (Lipinski definition) is 2. The highest BCUT2D eigenvalue weighted by atomic mass is 32.1. The molecule has 1 unspecified atom stereocenters. The molecule has 2 atom stereocenters. The quantitative estimate of drug-likeness (QED) is 0.509. The third-order valence-electron chi connectivity index (χ3n) is 4.97. The third-order valence-corrected chi connectivity index (χ3v) is 5.96. The lowest BCUT2D eigenvalue weighted by Crippen LogP contribution is -2.07. The maximum Gasteiger partial charge on any atom is 0.218 e. The minimum Gasteiger partial charge on any atom is -0.477 e. The first-order valence-electron chi connectivity index (χ1n) is 10.2. The SMILES string of the molecule is Cc1ccc(C2C[C@@H]2COc2cc(NCc3nnc(CCCO)s3)nc(C)n2)nc1. The van der Waals surface area contributed by atoms with Crippen molar-refractivity contribution in [3.63, 3.8) is 0 Å². The van der Waals surface area contributed by atoms with Gasteiger partial charge >= 0.3 is 0 Å². The molecule has 1 saturated carbocycles. The summed E-state index contributed by atoms with van der Waals surface area (Å²) in [6, 6.07) is 6.04. The average Bonchev–Trinajstić information content (AvgIpc) is 3.37. The smallest absolute Gasteiger partial charge is 0.218 e. The lowest BCUT2D eigenvalue weighted by molar-refractivity contribution is 0.284. The van der Waals surface area contributed by atoms with E-state index in [1.807, 2.05) is 19.2 Å². The van der Waals surface area contributed by atoms with E-state index in [1.54, 1.807) is 11.3 Å². The summed E-state index contributed by atoms with van der Waals surface area (Å²) in [5.74, 6) is 2.89. The van der Waals surface area contributed by atoms with E-state index in [0.29, 0.717) is 48.9 Å². The molecule has 3 aromatic heterocycles. The van der Waals surface area contributed by atoms with Gasteiger partial charge in [-0.3, -0.25) is 4.98 Å². The maximum absolute atomic E-state index is 8.92. The molecular weight excluding hydrogens is 400 g/mol. The van der Waals surface area contributed by atoms with Crippen molar-refractivity contribution in [1.82, 2.24) is 25.1 Å². The topological polar surface area (TPSA) is 106 Å². The predicted octanol–water partition coefficient (Wildman–Crippen LogP) is 3.06. The number of aliphatic hydroxyl groups is 1. The van der Waals surface area contributed by atoms with Crippen LogP contribution in [0, 0.1) is 19.8 Å². The average molecular weight is 427 g/mol. The summed E-state index contributed by atoms with van der Waals surface area (Å²) in [5, 5.41) is 22.3. The molecule has 1 aliphatic carbocycles. The van der Waals surface area contributed by atoms with Gasteiger partial charge in [-0.2, -0.15) is 4.98 Å². The van der Waals surface area contributed by atoms with Gasteiger partial charge in [-0.05, 0) is 38.3 Å². The maximum atomic E-state index is 8.92. The molecule has 0 aliphatic heterocycles. The van der Waals surface area contributed by atoms with Crippen molar-refractivity contribution >= 4 is 17.2 Å². The van der Waals surface area contributed by atoms with Gasteiger partial charge in [0, 0.05) is 42.8 Å². The molecule has 1 aliphatic rings. The second-order valence-electron chi connectivity index (χ2n) is 7.58. The van der Waals surface area contributed by atoms with Gasteiger partial charge in [0.25, 0.3) is 0 Å². The Morgan fingerprint density at radius 3 is 2.87 bits per heavy atom. The van der Waals surface area contributed by atoms with Crippen LogP contribution in [0.5, 0.6) is 5.88 Å². The molecule has 158 valence electrons. The van der Waals surface area contributed by atoms with Crippen molar-refractivity contribution < 1.29 is 9.84 Å².